The van der Waals surface area contributed by atoms with Crippen LogP contribution in [0.3, 0.4) is 0 Å². The Hall–Kier alpha value is -1.98. The molecule has 0 amide bonds. The number of nitrogens with zero attached hydrogens (tertiary/aromatic N) is 2. The first-order valence-electron chi connectivity index (χ1n) is 6.35. The first kappa shape index (κ1) is 13.0. The van der Waals surface area contributed by atoms with Gasteiger partial charge in [-0.05, 0) is 12.5 Å². The lowest BCUT2D eigenvalue weighted by Gasteiger charge is -2.04. The summed E-state index contributed by atoms with van der Waals surface area (Å²) in [6, 6.07) is 8.09. The zero-order chi connectivity index (χ0) is 14.1. The van der Waals surface area contributed by atoms with Crippen molar-refractivity contribution in [2.75, 3.05) is 6.61 Å². The molecule has 1 N–H and O–H groups in total. The Morgan fingerprint density at radius 2 is 2.05 bits per heavy atom. The summed E-state index contributed by atoms with van der Waals surface area (Å²) in [5, 5.41) is 11.6. The van der Waals surface area contributed by atoms with Crippen molar-refractivity contribution in [2.24, 2.45) is 0 Å². The average Bonchev–Trinajstić information content (AvgIpc) is 2.88. The first-order chi connectivity index (χ1) is 9.70. The van der Waals surface area contributed by atoms with Gasteiger partial charge < -0.3 is 5.11 Å². The molecule has 0 aliphatic heterocycles. The van der Waals surface area contributed by atoms with E-state index in [0.717, 1.165) is 16.0 Å². The molecule has 0 unspecified atom stereocenters. The van der Waals surface area contributed by atoms with Gasteiger partial charge in [-0.3, -0.25) is 9.36 Å². The molecule has 2 heterocycles. The molecule has 3 rings (SSSR count). The van der Waals surface area contributed by atoms with Crippen molar-refractivity contribution in [2.45, 2.75) is 13.5 Å². The number of aliphatic hydroxyl groups is 1. The largest absolute Gasteiger partial charge is 0.395 e. The molecule has 1 aromatic carbocycles. The molecule has 0 fully saturated rings. The molecular formula is C15H14N2O2S. The van der Waals surface area contributed by atoms with Crippen molar-refractivity contribution in [3.8, 4) is 11.1 Å². The summed E-state index contributed by atoms with van der Waals surface area (Å²) in [6.07, 6.45) is 1.50. The second-order valence-electron chi connectivity index (χ2n) is 4.66. The van der Waals surface area contributed by atoms with Crippen molar-refractivity contribution in [1.82, 2.24) is 9.55 Å². The number of aliphatic hydroxyl groups excluding tert-OH is 1. The molecule has 0 saturated heterocycles. The van der Waals surface area contributed by atoms with Gasteiger partial charge >= 0.3 is 0 Å². The maximum atomic E-state index is 12.5. The highest BCUT2D eigenvalue weighted by Crippen LogP contribution is 2.30. The van der Waals surface area contributed by atoms with Crippen LogP contribution in [0.1, 0.15) is 5.56 Å². The fourth-order valence-electron chi connectivity index (χ4n) is 2.18. The summed E-state index contributed by atoms with van der Waals surface area (Å²) in [5.74, 6) is 0. The topological polar surface area (TPSA) is 55.1 Å². The Morgan fingerprint density at radius 3 is 2.75 bits per heavy atom. The monoisotopic (exact) mass is 286 g/mol. The number of hydrogen-bond acceptors (Lipinski definition) is 4. The Labute approximate surface area is 120 Å². The average molecular weight is 286 g/mol. The highest BCUT2D eigenvalue weighted by molar-refractivity contribution is 7.17. The van der Waals surface area contributed by atoms with Gasteiger partial charge in [0.25, 0.3) is 5.56 Å². The van der Waals surface area contributed by atoms with E-state index in [1.807, 2.05) is 36.6 Å². The summed E-state index contributed by atoms with van der Waals surface area (Å²) in [5.41, 5.74) is 3.02. The van der Waals surface area contributed by atoms with Gasteiger partial charge in [-0.15, -0.1) is 11.3 Å². The lowest BCUT2D eigenvalue weighted by atomic mass is 10.1. The Bertz CT molecular complexity index is 803. The third kappa shape index (κ3) is 2.15. The summed E-state index contributed by atoms with van der Waals surface area (Å²) in [4.78, 5) is 17.5. The molecule has 0 bridgehead atoms. The molecule has 20 heavy (non-hydrogen) atoms. The number of thiophene rings is 1. The van der Waals surface area contributed by atoms with E-state index >= 15 is 0 Å². The van der Waals surface area contributed by atoms with E-state index in [9.17, 15) is 4.79 Å². The summed E-state index contributed by atoms with van der Waals surface area (Å²) in [7, 11) is 0. The smallest absolute Gasteiger partial charge is 0.262 e. The van der Waals surface area contributed by atoms with Crippen LogP contribution in [0.15, 0.2) is 40.8 Å². The number of fused-ring (bicyclic) bond motifs is 1. The minimum Gasteiger partial charge on any atom is -0.395 e. The van der Waals surface area contributed by atoms with E-state index in [1.54, 1.807) is 0 Å². The van der Waals surface area contributed by atoms with Gasteiger partial charge in [0.05, 0.1) is 24.9 Å². The lowest BCUT2D eigenvalue weighted by Crippen LogP contribution is -2.21. The maximum Gasteiger partial charge on any atom is 0.262 e. The molecule has 5 heteroatoms. The van der Waals surface area contributed by atoms with E-state index in [2.05, 4.69) is 4.98 Å². The summed E-state index contributed by atoms with van der Waals surface area (Å²) >= 11 is 1.47. The molecule has 0 aliphatic carbocycles. The van der Waals surface area contributed by atoms with Crippen LogP contribution in [-0.4, -0.2) is 21.3 Å². The normalized spacial score (nSPS) is 11.1. The third-order valence-electron chi connectivity index (χ3n) is 3.26. The van der Waals surface area contributed by atoms with E-state index in [1.165, 1.54) is 27.8 Å². The fraction of sp³-hybridized carbons (Fsp3) is 0.200. The second-order valence-corrected chi connectivity index (χ2v) is 5.52. The van der Waals surface area contributed by atoms with Crippen LogP contribution in [-0.2, 0) is 6.54 Å². The molecule has 4 nitrogen and oxygen atoms in total. The molecule has 3 aromatic rings. The number of hydrogen-bond donors (Lipinski definition) is 1. The molecule has 0 aliphatic rings. The quantitative estimate of drug-likeness (QED) is 0.804. The van der Waals surface area contributed by atoms with Gasteiger partial charge in [-0.25, -0.2) is 4.98 Å². The van der Waals surface area contributed by atoms with E-state index in [0.29, 0.717) is 5.39 Å². The van der Waals surface area contributed by atoms with Crippen LogP contribution >= 0.6 is 11.3 Å². The van der Waals surface area contributed by atoms with Gasteiger partial charge in [0.15, 0.2) is 0 Å². The molecule has 0 radical (unpaired) electrons. The minimum absolute atomic E-state index is 0.0723. The number of aryl methyl sites for hydroxylation is 1. The van der Waals surface area contributed by atoms with Crippen LogP contribution in [0.4, 0.5) is 0 Å². The van der Waals surface area contributed by atoms with E-state index < -0.39 is 0 Å². The number of benzene rings is 1. The van der Waals surface area contributed by atoms with Crippen molar-refractivity contribution in [3.05, 3.63) is 51.9 Å². The predicted octanol–water partition coefficient (Wildman–Crippen LogP) is 2.43. The maximum absolute atomic E-state index is 12.5. The summed E-state index contributed by atoms with van der Waals surface area (Å²) in [6.45, 7) is 2.23. The zero-order valence-electron chi connectivity index (χ0n) is 11.0. The number of rotatable bonds is 3. The van der Waals surface area contributed by atoms with Crippen LogP contribution < -0.4 is 5.56 Å². The van der Waals surface area contributed by atoms with E-state index in [4.69, 9.17) is 5.11 Å². The molecule has 0 spiro atoms. The molecule has 2 aromatic heterocycles. The van der Waals surface area contributed by atoms with Crippen LogP contribution in [0.2, 0.25) is 0 Å². The standard InChI is InChI=1S/C15H14N2O2S/c1-10-2-4-11(5-3-10)12-8-20-14-13(12)15(19)17(6-7-18)9-16-14/h2-5,8-9,18H,6-7H2,1H3. The van der Waals surface area contributed by atoms with Gasteiger partial charge in [-0.2, -0.15) is 0 Å². The Kier molecular flexibility index (Phi) is 3.38. The second kappa shape index (κ2) is 5.19. The van der Waals surface area contributed by atoms with Gasteiger partial charge in [0, 0.05) is 10.9 Å². The molecular weight excluding hydrogens is 272 g/mol. The molecule has 0 saturated carbocycles. The van der Waals surface area contributed by atoms with Gasteiger partial charge in [0.1, 0.15) is 4.83 Å². The van der Waals surface area contributed by atoms with Crippen molar-refractivity contribution in [3.63, 3.8) is 0 Å². The van der Waals surface area contributed by atoms with Crippen molar-refractivity contribution < 1.29 is 5.11 Å². The third-order valence-corrected chi connectivity index (χ3v) is 4.15. The highest BCUT2D eigenvalue weighted by Gasteiger charge is 2.12. The highest BCUT2D eigenvalue weighted by atomic mass is 32.1. The summed E-state index contributed by atoms with van der Waals surface area (Å²) < 4.78 is 1.45. The lowest BCUT2D eigenvalue weighted by molar-refractivity contribution is 0.274. The van der Waals surface area contributed by atoms with Crippen LogP contribution in [0.5, 0.6) is 0 Å². The van der Waals surface area contributed by atoms with Gasteiger partial charge in [0.2, 0.25) is 0 Å². The Balaban J connectivity index is 2.24. The molecule has 0 atom stereocenters. The Morgan fingerprint density at radius 1 is 1.30 bits per heavy atom. The van der Waals surface area contributed by atoms with Crippen LogP contribution in [0.25, 0.3) is 21.3 Å². The first-order valence-corrected chi connectivity index (χ1v) is 7.23. The van der Waals surface area contributed by atoms with Gasteiger partial charge in [-0.1, -0.05) is 29.8 Å². The van der Waals surface area contributed by atoms with Crippen LogP contribution in [0, 0.1) is 6.92 Å². The van der Waals surface area contributed by atoms with E-state index in [-0.39, 0.29) is 18.7 Å². The predicted molar refractivity (Wildman–Crippen MR) is 81.1 cm³/mol. The fourth-order valence-corrected chi connectivity index (χ4v) is 3.09. The zero-order valence-corrected chi connectivity index (χ0v) is 11.9. The number of aromatic nitrogens is 2. The SMILES string of the molecule is Cc1ccc(-c2csc3ncn(CCO)c(=O)c23)cc1. The van der Waals surface area contributed by atoms with Crippen molar-refractivity contribution in [1.29, 1.82) is 0 Å². The minimum atomic E-state index is -0.0964. The molecule has 102 valence electrons. The van der Waals surface area contributed by atoms with Crippen molar-refractivity contribution >= 4 is 21.6 Å².